The van der Waals surface area contributed by atoms with Gasteiger partial charge >= 0.3 is 5.97 Å². The highest BCUT2D eigenvalue weighted by Gasteiger charge is 2.18. The molecule has 0 radical (unpaired) electrons. The van der Waals surface area contributed by atoms with Crippen LogP contribution in [0.15, 0.2) is 60.9 Å². The molecule has 6 heteroatoms. The van der Waals surface area contributed by atoms with Crippen LogP contribution in [0.2, 0.25) is 0 Å². The van der Waals surface area contributed by atoms with E-state index in [0.717, 1.165) is 53.3 Å². The lowest BCUT2D eigenvalue weighted by molar-refractivity contribution is 0.0694. The number of carbonyl (C=O) groups is 2. The van der Waals surface area contributed by atoms with Crippen molar-refractivity contribution in [3.05, 3.63) is 72.1 Å². The maximum atomic E-state index is 12.3. The van der Waals surface area contributed by atoms with Crippen molar-refractivity contribution in [1.29, 1.82) is 0 Å². The standard InChI is InChI=1S/C14H16N2O.C9H7NO2/c17-14(16-8-2-1-3-9-16)12-4-5-13-11(10-12)6-7-15-13;11-9(12)7-1-2-8-6(5-7)3-4-10-8/h4-7,10,15H,1-3,8-9H2;1-5,10H,(H,11,12). The Morgan fingerprint density at radius 2 is 1.31 bits per heavy atom. The Bertz CT molecular complexity index is 1150. The zero-order valence-electron chi connectivity index (χ0n) is 16.0. The minimum Gasteiger partial charge on any atom is -0.478 e. The molecule has 5 rings (SSSR count). The van der Waals surface area contributed by atoms with Gasteiger partial charge < -0.3 is 20.0 Å². The smallest absolute Gasteiger partial charge is 0.335 e. The molecule has 0 bridgehead atoms. The average Bonchev–Trinajstić information content (AvgIpc) is 3.42. The number of fused-ring (bicyclic) bond motifs is 2. The van der Waals surface area contributed by atoms with Crippen LogP contribution in [0.5, 0.6) is 0 Å². The molecule has 2 aromatic heterocycles. The lowest BCUT2D eigenvalue weighted by Crippen LogP contribution is -2.35. The Morgan fingerprint density at radius 1 is 0.759 bits per heavy atom. The quantitative estimate of drug-likeness (QED) is 0.466. The highest BCUT2D eigenvalue weighted by Crippen LogP contribution is 2.18. The number of nitrogens with zero attached hydrogens (tertiary/aromatic N) is 1. The molecule has 0 aliphatic carbocycles. The summed E-state index contributed by atoms with van der Waals surface area (Å²) in [4.78, 5) is 30.9. The minimum absolute atomic E-state index is 0.174. The van der Waals surface area contributed by atoms with E-state index in [2.05, 4.69) is 9.97 Å². The number of carbonyl (C=O) groups excluding carboxylic acids is 1. The first-order valence-corrected chi connectivity index (χ1v) is 9.79. The van der Waals surface area contributed by atoms with Gasteiger partial charge in [0.15, 0.2) is 0 Å². The predicted octanol–water partition coefficient (Wildman–Crippen LogP) is 4.66. The van der Waals surface area contributed by atoms with Crippen molar-refractivity contribution in [2.75, 3.05) is 13.1 Å². The van der Waals surface area contributed by atoms with E-state index in [1.54, 1.807) is 24.4 Å². The third-order valence-corrected chi connectivity index (χ3v) is 5.24. The van der Waals surface area contributed by atoms with Gasteiger partial charge in [-0.25, -0.2) is 4.79 Å². The zero-order valence-corrected chi connectivity index (χ0v) is 16.0. The van der Waals surface area contributed by atoms with Gasteiger partial charge in [-0.2, -0.15) is 0 Å². The highest BCUT2D eigenvalue weighted by molar-refractivity contribution is 5.98. The Morgan fingerprint density at radius 3 is 1.90 bits per heavy atom. The maximum Gasteiger partial charge on any atom is 0.335 e. The Kier molecular flexibility index (Phi) is 5.33. The van der Waals surface area contributed by atoms with E-state index < -0.39 is 5.97 Å². The summed E-state index contributed by atoms with van der Waals surface area (Å²) in [6.07, 6.45) is 7.22. The van der Waals surface area contributed by atoms with E-state index in [9.17, 15) is 9.59 Å². The second-order valence-electron chi connectivity index (χ2n) is 7.22. The average molecular weight is 389 g/mol. The molecule has 0 atom stereocenters. The van der Waals surface area contributed by atoms with Crippen molar-refractivity contribution >= 4 is 33.7 Å². The summed E-state index contributed by atoms with van der Waals surface area (Å²) < 4.78 is 0. The fourth-order valence-electron chi connectivity index (χ4n) is 3.65. The summed E-state index contributed by atoms with van der Waals surface area (Å²) in [6.45, 7) is 1.81. The monoisotopic (exact) mass is 389 g/mol. The first kappa shape index (κ1) is 18.8. The van der Waals surface area contributed by atoms with Crippen LogP contribution in [0.1, 0.15) is 40.0 Å². The Balaban J connectivity index is 0.000000150. The molecule has 1 aliphatic heterocycles. The van der Waals surface area contributed by atoms with Crippen LogP contribution in [-0.4, -0.2) is 44.9 Å². The van der Waals surface area contributed by atoms with Crippen molar-refractivity contribution in [3.8, 4) is 0 Å². The van der Waals surface area contributed by atoms with Gasteiger partial charge in [-0.05, 0) is 67.8 Å². The Hall–Kier alpha value is -3.54. The summed E-state index contributed by atoms with van der Waals surface area (Å²) in [5.74, 6) is -0.717. The summed E-state index contributed by atoms with van der Waals surface area (Å²) in [5.41, 5.74) is 3.17. The molecule has 6 nitrogen and oxygen atoms in total. The van der Waals surface area contributed by atoms with Crippen molar-refractivity contribution in [3.63, 3.8) is 0 Å². The number of likely N-dealkylation sites (tertiary alicyclic amines) is 1. The molecule has 2 aromatic carbocycles. The molecule has 148 valence electrons. The van der Waals surface area contributed by atoms with Crippen LogP contribution < -0.4 is 0 Å². The summed E-state index contributed by atoms with van der Waals surface area (Å²) >= 11 is 0. The number of carboxylic acids is 1. The van der Waals surface area contributed by atoms with Gasteiger partial charge in [0.05, 0.1) is 5.56 Å². The fraction of sp³-hybridized carbons (Fsp3) is 0.217. The summed E-state index contributed by atoms with van der Waals surface area (Å²) in [6, 6.07) is 14.7. The number of hydrogen-bond donors (Lipinski definition) is 3. The molecule has 0 unspecified atom stereocenters. The number of amides is 1. The summed E-state index contributed by atoms with van der Waals surface area (Å²) in [5, 5.41) is 10.7. The van der Waals surface area contributed by atoms with Gasteiger partial charge in [0.1, 0.15) is 0 Å². The van der Waals surface area contributed by atoms with Crippen molar-refractivity contribution in [2.45, 2.75) is 19.3 Å². The Labute approximate surface area is 168 Å². The molecular weight excluding hydrogens is 366 g/mol. The van der Waals surface area contributed by atoms with Gasteiger partial charge in [-0.1, -0.05) is 0 Å². The van der Waals surface area contributed by atoms with Gasteiger partial charge in [-0.3, -0.25) is 4.79 Å². The number of aromatic nitrogens is 2. The van der Waals surface area contributed by atoms with Crippen LogP contribution in [0.3, 0.4) is 0 Å². The third kappa shape index (κ3) is 4.16. The van der Waals surface area contributed by atoms with Crippen LogP contribution in [0, 0.1) is 0 Å². The first-order valence-electron chi connectivity index (χ1n) is 9.79. The topological polar surface area (TPSA) is 89.2 Å². The largest absolute Gasteiger partial charge is 0.478 e. The van der Waals surface area contributed by atoms with Crippen LogP contribution in [-0.2, 0) is 0 Å². The zero-order chi connectivity index (χ0) is 20.2. The van der Waals surface area contributed by atoms with Gasteiger partial charge in [-0.15, -0.1) is 0 Å². The predicted molar refractivity (Wildman–Crippen MR) is 113 cm³/mol. The van der Waals surface area contributed by atoms with Crippen LogP contribution >= 0.6 is 0 Å². The van der Waals surface area contributed by atoms with Crippen molar-refractivity contribution in [2.24, 2.45) is 0 Å². The van der Waals surface area contributed by atoms with Crippen LogP contribution in [0.25, 0.3) is 21.8 Å². The number of piperidine rings is 1. The number of aromatic amines is 2. The number of rotatable bonds is 2. The second kappa shape index (κ2) is 8.22. The molecule has 1 fully saturated rings. The lowest BCUT2D eigenvalue weighted by atomic mass is 10.1. The number of hydrogen-bond acceptors (Lipinski definition) is 2. The van der Waals surface area contributed by atoms with Gasteiger partial charge in [0.2, 0.25) is 0 Å². The number of carboxylic acid groups (broad SMARTS) is 1. The lowest BCUT2D eigenvalue weighted by Gasteiger charge is -2.26. The first-order chi connectivity index (χ1) is 14.1. The molecule has 3 heterocycles. The minimum atomic E-state index is -0.891. The van der Waals surface area contributed by atoms with Gasteiger partial charge in [0.25, 0.3) is 5.91 Å². The molecule has 0 spiro atoms. The van der Waals surface area contributed by atoms with Gasteiger partial charge in [0, 0.05) is 52.9 Å². The molecule has 29 heavy (non-hydrogen) atoms. The van der Waals surface area contributed by atoms with E-state index in [1.807, 2.05) is 41.4 Å². The maximum absolute atomic E-state index is 12.3. The number of nitrogens with one attached hydrogen (secondary N) is 2. The van der Waals surface area contributed by atoms with Crippen molar-refractivity contribution in [1.82, 2.24) is 14.9 Å². The van der Waals surface area contributed by atoms with E-state index in [0.29, 0.717) is 5.56 Å². The van der Waals surface area contributed by atoms with E-state index >= 15 is 0 Å². The van der Waals surface area contributed by atoms with E-state index in [-0.39, 0.29) is 5.91 Å². The SMILES string of the molecule is O=C(O)c1ccc2[nH]ccc2c1.O=C(c1ccc2[nH]ccc2c1)N1CCCCC1. The molecule has 0 saturated carbocycles. The molecule has 4 aromatic rings. The normalized spacial score (nSPS) is 13.9. The number of H-pyrrole nitrogens is 2. The van der Waals surface area contributed by atoms with Crippen molar-refractivity contribution < 1.29 is 14.7 Å². The fourth-order valence-corrected chi connectivity index (χ4v) is 3.65. The second-order valence-corrected chi connectivity index (χ2v) is 7.22. The van der Waals surface area contributed by atoms with Crippen LogP contribution in [0.4, 0.5) is 0 Å². The highest BCUT2D eigenvalue weighted by atomic mass is 16.4. The number of aromatic carboxylic acids is 1. The molecule has 3 N–H and O–H groups in total. The molecule has 1 aliphatic rings. The van der Waals surface area contributed by atoms with E-state index in [4.69, 9.17) is 5.11 Å². The molecule has 1 saturated heterocycles. The van der Waals surface area contributed by atoms with E-state index in [1.165, 1.54) is 6.42 Å². The number of benzene rings is 2. The third-order valence-electron chi connectivity index (χ3n) is 5.24. The summed E-state index contributed by atoms with van der Waals surface area (Å²) in [7, 11) is 0. The molecular formula is C23H23N3O3. The molecule has 1 amide bonds.